The van der Waals surface area contributed by atoms with Crippen LogP contribution in [0.5, 0.6) is 0 Å². The molecule has 0 aliphatic rings. The van der Waals surface area contributed by atoms with Gasteiger partial charge in [0, 0.05) is 6.04 Å². The molecule has 2 atom stereocenters. The SMILES string of the molecule is CCC(C)CC(N)CCc1ccc(C)cc1. The molecule has 0 aliphatic heterocycles. The van der Waals surface area contributed by atoms with E-state index in [0.29, 0.717) is 6.04 Å². The minimum atomic E-state index is 0.358. The lowest BCUT2D eigenvalue weighted by Crippen LogP contribution is -2.23. The first-order valence-corrected chi connectivity index (χ1v) is 6.43. The van der Waals surface area contributed by atoms with Crippen LogP contribution in [-0.4, -0.2) is 6.04 Å². The van der Waals surface area contributed by atoms with Gasteiger partial charge in [0.25, 0.3) is 0 Å². The molecule has 16 heavy (non-hydrogen) atoms. The fraction of sp³-hybridized carbons (Fsp3) is 0.600. The number of benzene rings is 1. The molecule has 0 fully saturated rings. The zero-order valence-electron chi connectivity index (χ0n) is 10.9. The topological polar surface area (TPSA) is 26.0 Å². The van der Waals surface area contributed by atoms with Crippen LogP contribution in [0.3, 0.4) is 0 Å². The van der Waals surface area contributed by atoms with Gasteiger partial charge >= 0.3 is 0 Å². The Morgan fingerprint density at radius 3 is 2.38 bits per heavy atom. The summed E-state index contributed by atoms with van der Waals surface area (Å²) in [6.07, 6.45) is 4.60. The van der Waals surface area contributed by atoms with E-state index < -0.39 is 0 Å². The molecular weight excluding hydrogens is 194 g/mol. The van der Waals surface area contributed by atoms with Gasteiger partial charge in [-0.25, -0.2) is 0 Å². The van der Waals surface area contributed by atoms with Crippen molar-refractivity contribution < 1.29 is 0 Å². The minimum absolute atomic E-state index is 0.358. The predicted molar refractivity (Wildman–Crippen MR) is 71.5 cm³/mol. The molecule has 2 unspecified atom stereocenters. The first-order chi connectivity index (χ1) is 7.61. The minimum Gasteiger partial charge on any atom is -0.328 e. The lowest BCUT2D eigenvalue weighted by Gasteiger charge is -2.15. The summed E-state index contributed by atoms with van der Waals surface area (Å²) in [7, 11) is 0. The quantitative estimate of drug-likeness (QED) is 0.776. The molecule has 0 heterocycles. The van der Waals surface area contributed by atoms with Gasteiger partial charge in [-0.1, -0.05) is 50.1 Å². The Kier molecular flexibility index (Phi) is 5.54. The van der Waals surface area contributed by atoms with Crippen molar-refractivity contribution in [3.05, 3.63) is 35.4 Å². The molecule has 1 heteroatoms. The number of rotatable bonds is 6. The number of nitrogens with two attached hydrogens (primary N) is 1. The van der Waals surface area contributed by atoms with E-state index in [1.165, 1.54) is 17.5 Å². The third-order valence-corrected chi connectivity index (χ3v) is 3.33. The Bertz CT molecular complexity index is 289. The number of hydrogen-bond donors (Lipinski definition) is 1. The van der Waals surface area contributed by atoms with Crippen LogP contribution in [0.4, 0.5) is 0 Å². The first kappa shape index (κ1) is 13.2. The zero-order valence-corrected chi connectivity index (χ0v) is 10.9. The molecule has 0 amide bonds. The van der Waals surface area contributed by atoms with E-state index in [2.05, 4.69) is 45.0 Å². The summed E-state index contributed by atoms with van der Waals surface area (Å²) in [5.41, 5.74) is 8.86. The van der Waals surface area contributed by atoms with E-state index in [1.807, 2.05) is 0 Å². The maximum atomic E-state index is 6.13. The standard InChI is InChI=1S/C15H25N/c1-4-12(2)11-15(16)10-9-14-7-5-13(3)6-8-14/h5-8,12,15H,4,9-11,16H2,1-3H3. The van der Waals surface area contributed by atoms with Crippen molar-refractivity contribution in [3.63, 3.8) is 0 Å². The summed E-state index contributed by atoms with van der Waals surface area (Å²) in [5, 5.41) is 0. The highest BCUT2D eigenvalue weighted by molar-refractivity contribution is 5.21. The Hall–Kier alpha value is -0.820. The Morgan fingerprint density at radius 2 is 1.81 bits per heavy atom. The van der Waals surface area contributed by atoms with Crippen LogP contribution in [0, 0.1) is 12.8 Å². The van der Waals surface area contributed by atoms with E-state index in [4.69, 9.17) is 5.73 Å². The fourth-order valence-electron chi connectivity index (χ4n) is 1.91. The normalized spacial score (nSPS) is 14.8. The van der Waals surface area contributed by atoms with Crippen LogP contribution >= 0.6 is 0 Å². The van der Waals surface area contributed by atoms with Crippen molar-refractivity contribution in [2.24, 2.45) is 11.7 Å². The zero-order chi connectivity index (χ0) is 12.0. The van der Waals surface area contributed by atoms with Crippen molar-refractivity contribution >= 4 is 0 Å². The van der Waals surface area contributed by atoms with Crippen LogP contribution in [0.2, 0.25) is 0 Å². The molecule has 0 aliphatic carbocycles. The van der Waals surface area contributed by atoms with Gasteiger partial charge < -0.3 is 5.73 Å². The van der Waals surface area contributed by atoms with Crippen molar-refractivity contribution in [3.8, 4) is 0 Å². The van der Waals surface area contributed by atoms with E-state index in [0.717, 1.165) is 25.2 Å². The second-order valence-electron chi connectivity index (χ2n) is 5.03. The fourth-order valence-corrected chi connectivity index (χ4v) is 1.91. The van der Waals surface area contributed by atoms with Gasteiger partial charge in [-0.3, -0.25) is 0 Å². The van der Waals surface area contributed by atoms with Crippen molar-refractivity contribution in [1.29, 1.82) is 0 Å². The molecule has 0 saturated heterocycles. The molecule has 0 saturated carbocycles. The first-order valence-electron chi connectivity index (χ1n) is 6.43. The Labute approximate surface area is 100 Å². The van der Waals surface area contributed by atoms with E-state index in [-0.39, 0.29) is 0 Å². The number of hydrogen-bond acceptors (Lipinski definition) is 1. The second-order valence-corrected chi connectivity index (χ2v) is 5.03. The monoisotopic (exact) mass is 219 g/mol. The van der Waals surface area contributed by atoms with Gasteiger partial charge in [0.2, 0.25) is 0 Å². The lowest BCUT2D eigenvalue weighted by atomic mass is 9.95. The summed E-state index contributed by atoms with van der Waals surface area (Å²) in [6, 6.07) is 9.14. The largest absolute Gasteiger partial charge is 0.328 e. The van der Waals surface area contributed by atoms with Gasteiger partial charge in [-0.05, 0) is 37.7 Å². The summed E-state index contributed by atoms with van der Waals surface area (Å²) in [4.78, 5) is 0. The summed E-state index contributed by atoms with van der Waals surface area (Å²) >= 11 is 0. The number of aryl methyl sites for hydroxylation is 2. The summed E-state index contributed by atoms with van der Waals surface area (Å²) < 4.78 is 0. The third kappa shape index (κ3) is 4.80. The maximum Gasteiger partial charge on any atom is 0.00445 e. The van der Waals surface area contributed by atoms with Gasteiger partial charge in [0.1, 0.15) is 0 Å². The molecule has 0 spiro atoms. The predicted octanol–water partition coefficient (Wildman–Crippen LogP) is 3.69. The highest BCUT2D eigenvalue weighted by Gasteiger charge is 2.07. The highest BCUT2D eigenvalue weighted by Crippen LogP contribution is 2.13. The molecule has 2 N–H and O–H groups in total. The smallest absolute Gasteiger partial charge is 0.00445 e. The molecule has 90 valence electrons. The van der Waals surface area contributed by atoms with Crippen molar-refractivity contribution in [1.82, 2.24) is 0 Å². The van der Waals surface area contributed by atoms with Gasteiger partial charge in [0.15, 0.2) is 0 Å². The summed E-state index contributed by atoms with van der Waals surface area (Å²) in [5.74, 6) is 0.757. The molecule has 1 rings (SSSR count). The van der Waals surface area contributed by atoms with E-state index in [9.17, 15) is 0 Å². The van der Waals surface area contributed by atoms with Crippen LogP contribution in [0.1, 0.15) is 44.2 Å². The van der Waals surface area contributed by atoms with Crippen LogP contribution in [-0.2, 0) is 6.42 Å². The maximum absolute atomic E-state index is 6.13. The van der Waals surface area contributed by atoms with Gasteiger partial charge in [-0.2, -0.15) is 0 Å². The van der Waals surface area contributed by atoms with Gasteiger partial charge in [0.05, 0.1) is 0 Å². The molecule has 0 aromatic heterocycles. The van der Waals surface area contributed by atoms with Crippen LogP contribution < -0.4 is 5.73 Å². The highest BCUT2D eigenvalue weighted by atomic mass is 14.6. The Balaban J connectivity index is 2.31. The molecule has 0 radical (unpaired) electrons. The van der Waals surface area contributed by atoms with Gasteiger partial charge in [-0.15, -0.1) is 0 Å². The van der Waals surface area contributed by atoms with Crippen molar-refractivity contribution in [2.45, 2.75) is 52.5 Å². The molecule has 0 bridgehead atoms. The van der Waals surface area contributed by atoms with Crippen LogP contribution in [0.15, 0.2) is 24.3 Å². The average Bonchev–Trinajstić information content (AvgIpc) is 2.28. The molecular formula is C15H25N. The summed E-state index contributed by atoms with van der Waals surface area (Å²) in [6.45, 7) is 6.64. The van der Waals surface area contributed by atoms with Crippen LogP contribution in [0.25, 0.3) is 0 Å². The van der Waals surface area contributed by atoms with E-state index in [1.54, 1.807) is 0 Å². The third-order valence-electron chi connectivity index (χ3n) is 3.33. The Morgan fingerprint density at radius 1 is 1.19 bits per heavy atom. The second kappa shape index (κ2) is 6.70. The van der Waals surface area contributed by atoms with Crippen molar-refractivity contribution in [2.75, 3.05) is 0 Å². The molecule has 1 aromatic rings. The van der Waals surface area contributed by atoms with E-state index >= 15 is 0 Å². The lowest BCUT2D eigenvalue weighted by molar-refractivity contribution is 0.436. The molecule has 1 aromatic carbocycles. The molecule has 1 nitrogen and oxygen atoms in total. The average molecular weight is 219 g/mol.